The lowest BCUT2D eigenvalue weighted by Crippen LogP contribution is -2.48. The van der Waals surface area contributed by atoms with E-state index in [1.165, 1.54) is 5.56 Å². The molecule has 142 valence electrons. The van der Waals surface area contributed by atoms with Crippen molar-refractivity contribution < 1.29 is 14.3 Å². The number of nitrogens with one attached hydrogen (secondary N) is 1. The molecule has 0 spiro atoms. The van der Waals surface area contributed by atoms with E-state index in [1.807, 2.05) is 30.3 Å². The molecule has 0 aliphatic carbocycles. The van der Waals surface area contributed by atoms with Crippen LogP contribution in [0, 0.1) is 0 Å². The molecule has 1 aliphatic rings. The van der Waals surface area contributed by atoms with Crippen LogP contribution < -0.4 is 10.1 Å². The number of benzene rings is 1. The Bertz CT molecular complexity index is 754. The van der Waals surface area contributed by atoms with E-state index in [2.05, 4.69) is 10.3 Å². The normalized spacial score (nSPS) is 14.0. The standard InChI is InChI=1S/C20H24N4O3/c1-27-18-5-2-16(3-6-18)8-9-21-17-4-7-19(22-14-17)20(26)24-12-10-23(15-25)11-13-24/h2-7,14-15,21H,8-13H2,1H3. The van der Waals surface area contributed by atoms with Gasteiger partial charge in [-0.2, -0.15) is 0 Å². The number of anilines is 1. The Morgan fingerprint density at radius 1 is 1.15 bits per heavy atom. The zero-order chi connectivity index (χ0) is 19.1. The number of hydrogen-bond donors (Lipinski definition) is 1. The number of carbonyl (C=O) groups excluding carboxylic acids is 2. The van der Waals surface area contributed by atoms with Crippen molar-refractivity contribution in [2.75, 3.05) is 45.2 Å². The van der Waals surface area contributed by atoms with Gasteiger partial charge in [0.25, 0.3) is 5.91 Å². The van der Waals surface area contributed by atoms with Crippen molar-refractivity contribution in [1.82, 2.24) is 14.8 Å². The number of amides is 2. The van der Waals surface area contributed by atoms with E-state index in [4.69, 9.17) is 4.74 Å². The van der Waals surface area contributed by atoms with Gasteiger partial charge < -0.3 is 19.9 Å². The van der Waals surface area contributed by atoms with Crippen LogP contribution >= 0.6 is 0 Å². The molecule has 1 N–H and O–H groups in total. The van der Waals surface area contributed by atoms with Crippen LogP contribution in [0.4, 0.5) is 5.69 Å². The highest BCUT2D eigenvalue weighted by Gasteiger charge is 2.21. The first-order valence-corrected chi connectivity index (χ1v) is 9.01. The number of rotatable bonds is 7. The number of pyridine rings is 1. The fourth-order valence-corrected chi connectivity index (χ4v) is 2.96. The fraction of sp³-hybridized carbons (Fsp3) is 0.350. The first-order valence-electron chi connectivity index (χ1n) is 9.01. The smallest absolute Gasteiger partial charge is 0.272 e. The summed E-state index contributed by atoms with van der Waals surface area (Å²) in [4.78, 5) is 30.9. The fourth-order valence-electron chi connectivity index (χ4n) is 2.96. The highest BCUT2D eigenvalue weighted by molar-refractivity contribution is 5.92. The molecule has 1 fully saturated rings. The predicted molar refractivity (Wildman–Crippen MR) is 103 cm³/mol. The number of hydrogen-bond acceptors (Lipinski definition) is 5. The Morgan fingerprint density at radius 3 is 2.48 bits per heavy atom. The van der Waals surface area contributed by atoms with Gasteiger partial charge in [0.1, 0.15) is 11.4 Å². The molecule has 1 aromatic carbocycles. The molecular formula is C20H24N4O3. The van der Waals surface area contributed by atoms with Crippen LogP contribution in [0.5, 0.6) is 5.75 Å². The summed E-state index contributed by atoms with van der Waals surface area (Å²) in [5.41, 5.74) is 2.53. The van der Waals surface area contributed by atoms with Crippen LogP contribution in [0.1, 0.15) is 16.1 Å². The maximum absolute atomic E-state index is 12.5. The molecule has 0 saturated carbocycles. The van der Waals surface area contributed by atoms with E-state index in [0.717, 1.165) is 30.8 Å². The van der Waals surface area contributed by atoms with Crippen molar-refractivity contribution in [2.24, 2.45) is 0 Å². The van der Waals surface area contributed by atoms with Gasteiger partial charge in [0.2, 0.25) is 6.41 Å². The molecule has 27 heavy (non-hydrogen) atoms. The lowest BCUT2D eigenvalue weighted by Gasteiger charge is -2.32. The van der Waals surface area contributed by atoms with Crippen LogP contribution in [-0.4, -0.2) is 66.9 Å². The van der Waals surface area contributed by atoms with Gasteiger partial charge in [-0.1, -0.05) is 12.1 Å². The van der Waals surface area contributed by atoms with E-state index < -0.39 is 0 Å². The minimum absolute atomic E-state index is 0.0923. The van der Waals surface area contributed by atoms with E-state index in [-0.39, 0.29) is 5.91 Å². The number of nitrogens with zero attached hydrogens (tertiary/aromatic N) is 3. The lowest BCUT2D eigenvalue weighted by molar-refractivity contribution is -0.119. The zero-order valence-electron chi connectivity index (χ0n) is 15.4. The molecule has 1 saturated heterocycles. The number of piperazine rings is 1. The largest absolute Gasteiger partial charge is 0.497 e. The first kappa shape index (κ1) is 18.7. The van der Waals surface area contributed by atoms with Crippen molar-refractivity contribution in [3.05, 3.63) is 53.9 Å². The molecule has 2 heterocycles. The van der Waals surface area contributed by atoms with Gasteiger partial charge in [-0.15, -0.1) is 0 Å². The highest BCUT2D eigenvalue weighted by Crippen LogP contribution is 2.13. The molecule has 2 aromatic rings. The van der Waals surface area contributed by atoms with Crippen LogP contribution in [0.3, 0.4) is 0 Å². The third-order valence-electron chi connectivity index (χ3n) is 4.63. The van der Waals surface area contributed by atoms with E-state index in [1.54, 1.807) is 29.2 Å². The summed E-state index contributed by atoms with van der Waals surface area (Å²) in [6.45, 7) is 3.00. The van der Waals surface area contributed by atoms with Gasteiger partial charge in [-0.05, 0) is 36.2 Å². The molecular weight excluding hydrogens is 344 g/mol. The molecule has 0 bridgehead atoms. The van der Waals surface area contributed by atoms with Crippen LogP contribution in [0.25, 0.3) is 0 Å². The summed E-state index contributed by atoms with van der Waals surface area (Å²) < 4.78 is 5.16. The Balaban J connectivity index is 1.48. The highest BCUT2D eigenvalue weighted by atomic mass is 16.5. The second-order valence-corrected chi connectivity index (χ2v) is 6.39. The minimum Gasteiger partial charge on any atom is -0.497 e. The van der Waals surface area contributed by atoms with Gasteiger partial charge in [-0.3, -0.25) is 9.59 Å². The van der Waals surface area contributed by atoms with Crippen LogP contribution in [0.15, 0.2) is 42.6 Å². The average Bonchev–Trinajstić information content (AvgIpc) is 2.74. The van der Waals surface area contributed by atoms with Gasteiger partial charge in [-0.25, -0.2) is 4.98 Å². The molecule has 1 aromatic heterocycles. The summed E-state index contributed by atoms with van der Waals surface area (Å²) in [6.07, 6.45) is 3.39. The summed E-state index contributed by atoms with van der Waals surface area (Å²) >= 11 is 0. The topological polar surface area (TPSA) is 74.8 Å². The Morgan fingerprint density at radius 2 is 1.89 bits per heavy atom. The van der Waals surface area contributed by atoms with Crippen molar-refractivity contribution in [3.63, 3.8) is 0 Å². The van der Waals surface area contributed by atoms with Crippen LogP contribution in [0.2, 0.25) is 0 Å². The SMILES string of the molecule is COc1ccc(CCNc2ccc(C(=O)N3CCN(C=O)CC3)nc2)cc1. The molecule has 3 rings (SSSR count). The third-order valence-corrected chi connectivity index (χ3v) is 4.63. The van der Waals surface area contributed by atoms with Gasteiger partial charge >= 0.3 is 0 Å². The van der Waals surface area contributed by atoms with E-state index in [0.29, 0.717) is 31.9 Å². The number of methoxy groups -OCH3 is 1. The summed E-state index contributed by atoms with van der Waals surface area (Å²) in [6, 6.07) is 11.6. The summed E-state index contributed by atoms with van der Waals surface area (Å²) in [7, 11) is 1.66. The van der Waals surface area contributed by atoms with Crippen molar-refractivity contribution >= 4 is 18.0 Å². The minimum atomic E-state index is -0.0923. The van der Waals surface area contributed by atoms with Crippen molar-refractivity contribution in [3.8, 4) is 5.75 Å². The molecule has 7 nitrogen and oxygen atoms in total. The predicted octanol–water partition coefficient (Wildman–Crippen LogP) is 1.66. The van der Waals surface area contributed by atoms with Crippen molar-refractivity contribution in [2.45, 2.75) is 6.42 Å². The second-order valence-electron chi connectivity index (χ2n) is 6.39. The maximum Gasteiger partial charge on any atom is 0.272 e. The van der Waals surface area contributed by atoms with E-state index >= 15 is 0 Å². The average molecular weight is 368 g/mol. The quantitative estimate of drug-likeness (QED) is 0.753. The molecule has 0 unspecified atom stereocenters. The molecule has 7 heteroatoms. The Hall–Kier alpha value is -3.09. The lowest BCUT2D eigenvalue weighted by atomic mass is 10.1. The van der Waals surface area contributed by atoms with Crippen LogP contribution in [-0.2, 0) is 11.2 Å². The zero-order valence-corrected chi connectivity index (χ0v) is 15.4. The van der Waals surface area contributed by atoms with Gasteiger partial charge in [0.05, 0.1) is 19.0 Å². The Labute approximate surface area is 158 Å². The van der Waals surface area contributed by atoms with Gasteiger partial charge in [0, 0.05) is 32.7 Å². The maximum atomic E-state index is 12.5. The number of ether oxygens (including phenoxy) is 1. The summed E-state index contributed by atoms with van der Waals surface area (Å²) in [5, 5.41) is 3.32. The van der Waals surface area contributed by atoms with Gasteiger partial charge in [0.15, 0.2) is 0 Å². The molecule has 2 amide bonds. The van der Waals surface area contributed by atoms with E-state index in [9.17, 15) is 9.59 Å². The monoisotopic (exact) mass is 368 g/mol. The molecule has 1 aliphatic heterocycles. The molecule has 0 atom stereocenters. The van der Waals surface area contributed by atoms with Crippen molar-refractivity contribution in [1.29, 1.82) is 0 Å². The molecule has 0 radical (unpaired) electrons. The number of aromatic nitrogens is 1. The Kier molecular flexibility index (Phi) is 6.25. The summed E-state index contributed by atoms with van der Waals surface area (Å²) in [5.74, 6) is 0.758. The number of carbonyl (C=O) groups is 2. The first-order chi connectivity index (χ1) is 13.2. The second kappa shape index (κ2) is 9.02. The third kappa shape index (κ3) is 4.97.